The molecule has 0 spiro atoms. The van der Waals surface area contributed by atoms with Crippen molar-refractivity contribution in [2.45, 2.75) is 18.8 Å². The number of aryl methyl sites for hydroxylation is 1. The minimum absolute atomic E-state index is 0.0569. The van der Waals surface area contributed by atoms with E-state index in [9.17, 15) is 9.18 Å². The molecule has 1 heterocycles. The monoisotopic (exact) mass is 256 g/mol. The number of aromatic nitrogens is 1. The number of ketones is 1. The lowest BCUT2D eigenvalue weighted by Crippen LogP contribution is -2.12. The van der Waals surface area contributed by atoms with Gasteiger partial charge in [0, 0.05) is 11.8 Å². The van der Waals surface area contributed by atoms with Crippen LogP contribution in [0.4, 0.5) is 10.1 Å². The predicted octanol–water partition coefficient (Wildman–Crippen LogP) is 2.72. The van der Waals surface area contributed by atoms with Crippen molar-refractivity contribution < 1.29 is 9.18 Å². The minimum Gasteiger partial charge on any atom is -0.396 e. The maximum absolute atomic E-state index is 13.4. The van der Waals surface area contributed by atoms with Crippen LogP contribution in [0.5, 0.6) is 0 Å². The molecule has 2 N–H and O–H groups in total. The highest BCUT2D eigenvalue weighted by Gasteiger charge is 2.30. The summed E-state index contributed by atoms with van der Waals surface area (Å²) >= 11 is 0. The molecule has 0 fully saturated rings. The number of hydrogen-bond donors (Lipinski definition) is 1. The van der Waals surface area contributed by atoms with Gasteiger partial charge in [-0.25, -0.2) is 4.39 Å². The lowest BCUT2D eigenvalue weighted by molar-refractivity contribution is 0.0957. The number of benzene rings is 1. The van der Waals surface area contributed by atoms with Crippen molar-refractivity contribution in [3.8, 4) is 0 Å². The Labute approximate surface area is 110 Å². The van der Waals surface area contributed by atoms with Crippen LogP contribution in [0.1, 0.15) is 34.0 Å². The van der Waals surface area contributed by atoms with E-state index >= 15 is 0 Å². The van der Waals surface area contributed by atoms with Gasteiger partial charge in [-0.05, 0) is 42.7 Å². The topological polar surface area (TPSA) is 56.0 Å². The van der Waals surface area contributed by atoms with Gasteiger partial charge < -0.3 is 5.73 Å². The van der Waals surface area contributed by atoms with Crippen LogP contribution in [0.15, 0.2) is 36.5 Å². The molecule has 0 saturated heterocycles. The number of anilines is 1. The maximum Gasteiger partial charge on any atom is 0.172 e. The van der Waals surface area contributed by atoms with E-state index in [1.165, 1.54) is 12.1 Å². The zero-order valence-electron chi connectivity index (χ0n) is 10.3. The zero-order chi connectivity index (χ0) is 13.4. The number of fused-ring (bicyclic) bond motifs is 1. The van der Waals surface area contributed by atoms with Gasteiger partial charge in [0.05, 0.1) is 17.3 Å². The number of Topliss-reactive ketones (excluding diaryl/α,β-unsaturated/α-hetero) is 1. The van der Waals surface area contributed by atoms with E-state index in [2.05, 4.69) is 4.98 Å². The molecular formula is C15H13FN2O. The highest BCUT2D eigenvalue weighted by Crippen LogP contribution is 2.34. The van der Waals surface area contributed by atoms with Gasteiger partial charge in [0.1, 0.15) is 5.82 Å². The summed E-state index contributed by atoms with van der Waals surface area (Å²) in [5, 5.41) is 0. The number of nitrogens with zero attached hydrogens (tertiary/aromatic N) is 1. The summed E-state index contributed by atoms with van der Waals surface area (Å²) in [6.45, 7) is 0. The molecule has 3 rings (SSSR count). The van der Waals surface area contributed by atoms with Crippen LogP contribution in [-0.4, -0.2) is 10.8 Å². The third-order valence-electron chi connectivity index (χ3n) is 3.56. The van der Waals surface area contributed by atoms with E-state index in [1.54, 1.807) is 12.3 Å². The second kappa shape index (κ2) is 4.46. The van der Waals surface area contributed by atoms with Crippen molar-refractivity contribution in [1.82, 2.24) is 4.98 Å². The van der Waals surface area contributed by atoms with Crippen LogP contribution < -0.4 is 5.73 Å². The van der Waals surface area contributed by atoms with Crippen LogP contribution in [0, 0.1) is 5.82 Å². The Morgan fingerprint density at radius 1 is 1.37 bits per heavy atom. The van der Waals surface area contributed by atoms with E-state index in [-0.39, 0.29) is 17.4 Å². The number of halogens is 1. The molecule has 1 atom stereocenters. The first-order valence-corrected chi connectivity index (χ1v) is 6.20. The molecule has 2 aromatic rings. The van der Waals surface area contributed by atoms with Crippen molar-refractivity contribution in [3.63, 3.8) is 0 Å². The first-order valence-electron chi connectivity index (χ1n) is 6.20. The molecule has 19 heavy (non-hydrogen) atoms. The number of nitrogens with two attached hydrogens (primary N) is 1. The van der Waals surface area contributed by atoms with Crippen molar-refractivity contribution in [2.24, 2.45) is 0 Å². The van der Waals surface area contributed by atoms with Gasteiger partial charge in [-0.1, -0.05) is 6.07 Å². The van der Waals surface area contributed by atoms with Gasteiger partial charge in [-0.2, -0.15) is 0 Å². The van der Waals surface area contributed by atoms with E-state index < -0.39 is 5.82 Å². The molecule has 3 nitrogen and oxygen atoms in total. The highest BCUT2D eigenvalue weighted by atomic mass is 19.1. The molecule has 1 aliphatic rings. The molecule has 0 saturated carbocycles. The molecule has 0 radical (unpaired) electrons. The Morgan fingerprint density at radius 2 is 2.21 bits per heavy atom. The van der Waals surface area contributed by atoms with Crippen molar-refractivity contribution >= 4 is 11.5 Å². The average Bonchev–Trinajstić information content (AvgIpc) is 2.85. The zero-order valence-corrected chi connectivity index (χ0v) is 10.3. The summed E-state index contributed by atoms with van der Waals surface area (Å²) in [4.78, 5) is 16.7. The molecule has 1 aliphatic carbocycles. The van der Waals surface area contributed by atoms with E-state index in [0.29, 0.717) is 5.56 Å². The lowest BCUT2D eigenvalue weighted by Gasteiger charge is -2.10. The fourth-order valence-corrected chi connectivity index (χ4v) is 2.55. The third-order valence-corrected chi connectivity index (χ3v) is 3.56. The fraction of sp³-hybridized carbons (Fsp3) is 0.200. The predicted molar refractivity (Wildman–Crippen MR) is 70.4 cm³/mol. The van der Waals surface area contributed by atoms with Crippen LogP contribution in [-0.2, 0) is 6.42 Å². The van der Waals surface area contributed by atoms with Crippen molar-refractivity contribution in [1.29, 1.82) is 0 Å². The largest absolute Gasteiger partial charge is 0.396 e. The highest BCUT2D eigenvalue weighted by molar-refractivity contribution is 6.01. The molecular weight excluding hydrogens is 243 g/mol. The summed E-state index contributed by atoms with van der Waals surface area (Å²) in [6.07, 6.45) is 3.27. The smallest absolute Gasteiger partial charge is 0.172 e. The van der Waals surface area contributed by atoms with Gasteiger partial charge in [0.25, 0.3) is 0 Å². The van der Waals surface area contributed by atoms with Crippen LogP contribution in [0.25, 0.3) is 0 Å². The molecule has 1 aromatic heterocycles. The molecule has 1 unspecified atom stereocenters. The Kier molecular flexibility index (Phi) is 2.78. The molecule has 0 amide bonds. The van der Waals surface area contributed by atoms with Gasteiger partial charge in [-0.15, -0.1) is 0 Å². The minimum atomic E-state index is -0.551. The SMILES string of the molecule is Nc1ccc(C(=O)C2CCc3cccnc32)cc1F. The van der Waals surface area contributed by atoms with Crippen molar-refractivity contribution in [2.75, 3.05) is 5.73 Å². The Hall–Kier alpha value is -2.23. The van der Waals surface area contributed by atoms with Gasteiger partial charge in [0.2, 0.25) is 0 Å². The standard InChI is InChI=1S/C15H13FN2O/c16-12-8-10(4-6-13(12)17)15(19)11-5-3-9-2-1-7-18-14(9)11/h1-2,4,6-8,11H,3,5,17H2. The second-order valence-electron chi connectivity index (χ2n) is 4.74. The molecule has 1 aromatic carbocycles. The van der Waals surface area contributed by atoms with Crippen LogP contribution in [0.2, 0.25) is 0 Å². The Balaban J connectivity index is 1.95. The normalized spacial score (nSPS) is 17.2. The Bertz CT molecular complexity index is 654. The second-order valence-corrected chi connectivity index (χ2v) is 4.74. The summed E-state index contributed by atoms with van der Waals surface area (Å²) in [7, 11) is 0. The van der Waals surface area contributed by atoms with Crippen LogP contribution in [0.3, 0.4) is 0 Å². The maximum atomic E-state index is 13.4. The van der Waals surface area contributed by atoms with E-state index in [4.69, 9.17) is 5.73 Å². The Morgan fingerprint density at radius 3 is 3.00 bits per heavy atom. The van der Waals surface area contributed by atoms with E-state index in [1.807, 2.05) is 12.1 Å². The van der Waals surface area contributed by atoms with Crippen molar-refractivity contribution in [3.05, 3.63) is 59.2 Å². The quantitative estimate of drug-likeness (QED) is 0.664. The molecule has 0 aliphatic heterocycles. The van der Waals surface area contributed by atoms with Gasteiger partial charge in [-0.3, -0.25) is 9.78 Å². The average molecular weight is 256 g/mol. The van der Waals surface area contributed by atoms with Crippen LogP contribution >= 0.6 is 0 Å². The summed E-state index contributed by atoms with van der Waals surface area (Å²) in [6, 6.07) is 8.06. The number of hydrogen-bond acceptors (Lipinski definition) is 3. The molecule has 96 valence electrons. The summed E-state index contributed by atoms with van der Waals surface area (Å²) in [5.74, 6) is -0.902. The number of nitrogen functional groups attached to an aromatic ring is 1. The first-order chi connectivity index (χ1) is 9.16. The fourth-order valence-electron chi connectivity index (χ4n) is 2.55. The van der Waals surface area contributed by atoms with E-state index in [0.717, 1.165) is 24.1 Å². The number of carbonyl (C=O) groups is 1. The number of pyridine rings is 1. The molecule has 4 heteroatoms. The summed E-state index contributed by atoms with van der Waals surface area (Å²) < 4.78 is 13.4. The lowest BCUT2D eigenvalue weighted by atomic mass is 9.95. The number of rotatable bonds is 2. The first kappa shape index (κ1) is 11.8. The third kappa shape index (κ3) is 1.99. The summed E-state index contributed by atoms with van der Waals surface area (Å²) in [5.41, 5.74) is 7.77. The van der Waals surface area contributed by atoms with Gasteiger partial charge in [0.15, 0.2) is 5.78 Å². The number of carbonyl (C=O) groups excluding carboxylic acids is 1. The molecule has 0 bridgehead atoms. The van der Waals surface area contributed by atoms with Gasteiger partial charge >= 0.3 is 0 Å².